The molecular weight excluding hydrogens is 254 g/mol. The van der Waals surface area contributed by atoms with Crippen LogP contribution >= 0.6 is 0 Å². The fourth-order valence-electron chi connectivity index (χ4n) is 2.51. The Morgan fingerprint density at radius 3 is 2.45 bits per heavy atom. The smallest absolute Gasteiger partial charge is 0.193 e. The molecule has 3 N–H and O–H groups in total. The van der Waals surface area contributed by atoms with Gasteiger partial charge in [-0.3, -0.25) is 0 Å². The van der Waals surface area contributed by atoms with Crippen LogP contribution < -0.4 is 15.8 Å². The fourth-order valence-corrected chi connectivity index (χ4v) is 2.51. The summed E-state index contributed by atoms with van der Waals surface area (Å²) in [6.45, 7) is 4.30. The third-order valence-electron chi connectivity index (χ3n) is 4.07. The van der Waals surface area contributed by atoms with Crippen molar-refractivity contribution in [1.29, 1.82) is 0 Å². The molecule has 1 aromatic rings. The fraction of sp³-hybridized carbons (Fsp3) is 0.533. The molecule has 110 valence electrons. The van der Waals surface area contributed by atoms with Gasteiger partial charge >= 0.3 is 0 Å². The minimum atomic E-state index is 0.0287. The molecule has 0 bridgehead atoms. The van der Waals surface area contributed by atoms with Crippen molar-refractivity contribution in [3.63, 3.8) is 0 Å². The molecule has 5 heteroatoms. The Morgan fingerprint density at radius 1 is 1.30 bits per heavy atom. The first kappa shape index (κ1) is 14.7. The number of hydrogen-bond acceptors (Lipinski definition) is 3. The molecule has 0 amide bonds. The Kier molecular flexibility index (Phi) is 4.18. The lowest BCUT2D eigenvalue weighted by Crippen LogP contribution is -2.54. The third-order valence-corrected chi connectivity index (χ3v) is 4.07. The highest BCUT2D eigenvalue weighted by Gasteiger charge is 2.48. The molecule has 1 aliphatic rings. The van der Waals surface area contributed by atoms with Gasteiger partial charge in [0.15, 0.2) is 5.96 Å². The first-order valence-corrected chi connectivity index (χ1v) is 6.74. The van der Waals surface area contributed by atoms with E-state index in [9.17, 15) is 0 Å². The zero-order chi connectivity index (χ0) is 14.8. The van der Waals surface area contributed by atoms with Gasteiger partial charge < -0.3 is 20.5 Å². The Morgan fingerprint density at radius 2 is 1.95 bits per heavy atom. The van der Waals surface area contributed by atoms with Crippen molar-refractivity contribution in [2.24, 2.45) is 16.1 Å². The van der Waals surface area contributed by atoms with Crippen molar-refractivity contribution >= 4 is 11.6 Å². The highest BCUT2D eigenvalue weighted by atomic mass is 16.5. The number of ether oxygens (including phenoxy) is 2. The predicted octanol–water partition coefficient (Wildman–Crippen LogP) is 2.24. The second-order valence-electron chi connectivity index (χ2n) is 5.67. The van der Waals surface area contributed by atoms with Gasteiger partial charge in [0.2, 0.25) is 0 Å². The van der Waals surface area contributed by atoms with Crippen LogP contribution in [0.4, 0.5) is 5.69 Å². The van der Waals surface area contributed by atoms with Crippen molar-refractivity contribution in [1.82, 2.24) is 0 Å². The van der Waals surface area contributed by atoms with Crippen molar-refractivity contribution in [2.45, 2.75) is 32.4 Å². The number of aliphatic imine (C=N–C) groups is 1. The minimum Gasteiger partial charge on any atom is -0.497 e. The summed E-state index contributed by atoms with van der Waals surface area (Å²) in [5.74, 6) is 1.25. The van der Waals surface area contributed by atoms with Gasteiger partial charge in [-0.1, -0.05) is 13.8 Å². The topological polar surface area (TPSA) is 68.9 Å². The molecule has 2 rings (SSSR count). The summed E-state index contributed by atoms with van der Waals surface area (Å²) < 4.78 is 10.5. The molecule has 0 heterocycles. The second-order valence-corrected chi connectivity index (χ2v) is 5.67. The van der Waals surface area contributed by atoms with Crippen LogP contribution in [-0.2, 0) is 4.74 Å². The summed E-state index contributed by atoms with van der Waals surface area (Å²) >= 11 is 0. The Balaban J connectivity index is 1.97. The molecule has 2 unspecified atom stereocenters. The maximum absolute atomic E-state index is 5.96. The number of rotatable bonds is 4. The summed E-state index contributed by atoms with van der Waals surface area (Å²) in [6, 6.07) is 7.77. The lowest BCUT2D eigenvalue weighted by Gasteiger charge is -2.48. The Labute approximate surface area is 120 Å². The van der Waals surface area contributed by atoms with E-state index in [1.54, 1.807) is 14.2 Å². The number of nitrogens with zero attached hydrogens (tertiary/aromatic N) is 1. The SMILES string of the molecule is COc1ccc(NC(N)=NC2CC(OC)C2(C)C)cc1. The van der Waals surface area contributed by atoms with E-state index in [1.165, 1.54) is 0 Å². The maximum Gasteiger partial charge on any atom is 0.193 e. The molecule has 20 heavy (non-hydrogen) atoms. The molecule has 0 aromatic heterocycles. The van der Waals surface area contributed by atoms with E-state index in [1.807, 2.05) is 24.3 Å². The highest BCUT2D eigenvalue weighted by molar-refractivity contribution is 5.92. The molecule has 0 aliphatic heterocycles. The number of guanidine groups is 1. The molecule has 1 aliphatic carbocycles. The molecule has 1 fully saturated rings. The highest BCUT2D eigenvalue weighted by Crippen LogP contribution is 2.44. The Bertz CT molecular complexity index is 482. The lowest BCUT2D eigenvalue weighted by atomic mass is 9.65. The van der Waals surface area contributed by atoms with Gasteiger partial charge in [0.05, 0.1) is 19.3 Å². The van der Waals surface area contributed by atoms with Crippen molar-refractivity contribution in [2.75, 3.05) is 19.5 Å². The zero-order valence-electron chi connectivity index (χ0n) is 12.5. The summed E-state index contributed by atoms with van der Waals surface area (Å²) in [6.07, 6.45) is 1.17. The predicted molar refractivity (Wildman–Crippen MR) is 81.2 cm³/mol. The molecular formula is C15H23N3O2. The monoisotopic (exact) mass is 277 g/mol. The summed E-state index contributed by atoms with van der Waals surface area (Å²) in [4.78, 5) is 4.54. The summed E-state index contributed by atoms with van der Waals surface area (Å²) in [5.41, 5.74) is 6.89. The van der Waals surface area contributed by atoms with E-state index in [0.717, 1.165) is 17.9 Å². The molecule has 0 spiro atoms. The first-order chi connectivity index (χ1) is 9.47. The molecule has 2 atom stereocenters. The zero-order valence-corrected chi connectivity index (χ0v) is 12.5. The van der Waals surface area contributed by atoms with Gasteiger partial charge in [-0.15, -0.1) is 0 Å². The molecule has 1 aromatic carbocycles. The van der Waals surface area contributed by atoms with Gasteiger partial charge in [0.25, 0.3) is 0 Å². The number of methoxy groups -OCH3 is 2. The quantitative estimate of drug-likeness (QED) is 0.654. The van der Waals surface area contributed by atoms with Crippen LogP contribution in [0.25, 0.3) is 0 Å². The second kappa shape index (κ2) is 5.71. The first-order valence-electron chi connectivity index (χ1n) is 6.74. The average molecular weight is 277 g/mol. The standard InChI is InChI=1S/C15H23N3O2/c1-15(2)12(9-13(15)20-4)18-14(16)17-10-5-7-11(19-3)8-6-10/h5-8,12-13H,9H2,1-4H3,(H3,16,17,18). The van der Waals surface area contributed by atoms with Gasteiger partial charge in [0, 0.05) is 18.2 Å². The number of nitrogens with two attached hydrogens (primary N) is 1. The van der Waals surface area contributed by atoms with Crippen LogP contribution in [-0.4, -0.2) is 32.3 Å². The van der Waals surface area contributed by atoms with Crippen molar-refractivity contribution < 1.29 is 9.47 Å². The number of benzene rings is 1. The van der Waals surface area contributed by atoms with E-state index in [0.29, 0.717) is 5.96 Å². The van der Waals surface area contributed by atoms with Crippen LogP contribution in [0.15, 0.2) is 29.3 Å². The molecule has 5 nitrogen and oxygen atoms in total. The van der Waals surface area contributed by atoms with Crippen molar-refractivity contribution in [3.05, 3.63) is 24.3 Å². The van der Waals surface area contributed by atoms with Gasteiger partial charge in [-0.25, -0.2) is 4.99 Å². The van der Waals surface area contributed by atoms with E-state index in [4.69, 9.17) is 15.2 Å². The van der Waals surface area contributed by atoms with E-state index < -0.39 is 0 Å². The van der Waals surface area contributed by atoms with Gasteiger partial charge in [-0.05, 0) is 30.7 Å². The molecule has 0 radical (unpaired) electrons. The van der Waals surface area contributed by atoms with E-state index >= 15 is 0 Å². The summed E-state index contributed by atoms with van der Waals surface area (Å²) in [7, 11) is 3.38. The maximum atomic E-state index is 5.96. The van der Waals surface area contributed by atoms with Gasteiger partial charge in [-0.2, -0.15) is 0 Å². The third kappa shape index (κ3) is 2.88. The lowest BCUT2D eigenvalue weighted by molar-refractivity contribution is -0.0850. The Hall–Kier alpha value is -1.75. The largest absolute Gasteiger partial charge is 0.497 e. The van der Waals surface area contributed by atoms with Crippen LogP contribution in [0.1, 0.15) is 20.3 Å². The normalized spacial score (nSPS) is 24.9. The van der Waals surface area contributed by atoms with Crippen LogP contribution in [0.3, 0.4) is 0 Å². The van der Waals surface area contributed by atoms with Crippen LogP contribution in [0.2, 0.25) is 0 Å². The molecule has 1 saturated carbocycles. The van der Waals surface area contributed by atoms with Gasteiger partial charge in [0.1, 0.15) is 5.75 Å². The number of nitrogens with one attached hydrogen (secondary N) is 1. The van der Waals surface area contributed by atoms with E-state index in [2.05, 4.69) is 24.2 Å². The van der Waals surface area contributed by atoms with Crippen LogP contribution in [0.5, 0.6) is 5.75 Å². The van der Waals surface area contributed by atoms with Crippen LogP contribution in [0, 0.1) is 5.41 Å². The average Bonchev–Trinajstić information content (AvgIpc) is 2.43. The van der Waals surface area contributed by atoms with Crippen molar-refractivity contribution in [3.8, 4) is 5.75 Å². The van der Waals surface area contributed by atoms with E-state index in [-0.39, 0.29) is 17.6 Å². The number of hydrogen-bond donors (Lipinski definition) is 2. The summed E-state index contributed by atoms with van der Waals surface area (Å²) in [5, 5.41) is 3.09. The molecule has 0 saturated heterocycles. The minimum absolute atomic E-state index is 0.0287. The number of anilines is 1.